The van der Waals surface area contributed by atoms with Crippen molar-refractivity contribution in [1.82, 2.24) is 0 Å². The van der Waals surface area contributed by atoms with Crippen LogP contribution in [0.1, 0.15) is 25.8 Å². The Morgan fingerprint density at radius 2 is 1.75 bits per heavy atom. The molecule has 1 aromatic carbocycles. The van der Waals surface area contributed by atoms with Crippen LogP contribution in [0.25, 0.3) is 0 Å². The van der Waals surface area contributed by atoms with Gasteiger partial charge in [0.1, 0.15) is 0 Å². The molecule has 0 radical (unpaired) electrons. The van der Waals surface area contributed by atoms with Gasteiger partial charge in [-0.25, -0.2) is 0 Å². The third-order valence-electron chi connectivity index (χ3n) is 3.13. The molecule has 90 valence electrons. The van der Waals surface area contributed by atoms with Crippen LogP contribution in [0.2, 0.25) is 0 Å². The summed E-state index contributed by atoms with van der Waals surface area (Å²) >= 11 is 0. The van der Waals surface area contributed by atoms with Crippen LogP contribution in [0.15, 0.2) is 30.3 Å². The van der Waals surface area contributed by atoms with Gasteiger partial charge in [-0.05, 0) is 24.3 Å². The van der Waals surface area contributed by atoms with Gasteiger partial charge in [-0.1, -0.05) is 44.2 Å². The molecule has 1 rings (SSSR count). The first-order valence-electron chi connectivity index (χ1n) is 5.98. The number of aryl methyl sites for hydroxylation is 1. The third kappa shape index (κ3) is 3.95. The van der Waals surface area contributed by atoms with Crippen LogP contribution in [0.4, 0.5) is 0 Å². The fraction of sp³-hybridized carbons (Fsp3) is 0.571. The quantitative estimate of drug-likeness (QED) is 0.775. The average Bonchev–Trinajstić information content (AvgIpc) is 2.28. The Balaban J connectivity index is 2.43. The van der Waals surface area contributed by atoms with E-state index in [1.165, 1.54) is 5.56 Å². The summed E-state index contributed by atoms with van der Waals surface area (Å²) in [6.07, 6.45) is 1.17. The lowest BCUT2D eigenvalue weighted by Crippen LogP contribution is -2.28. The predicted octanol–water partition coefficient (Wildman–Crippen LogP) is 2.24. The number of aliphatic hydroxyl groups excluding tert-OH is 2. The van der Waals surface area contributed by atoms with E-state index in [2.05, 4.69) is 12.1 Å². The van der Waals surface area contributed by atoms with Gasteiger partial charge in [-0.15, -0.1) is 0 Å². The van der Waals surface area contributed by atoms with Crippen molar-refractivity contribution in [2.45, 2.75) is 32.8 Å². The Morgan fingerprint density at radius 3 is 2.25 bits per heavy atom. The van der Waals surface area contributed by atoms with Crippen LogP contribution in [-0.2, 0) is 6.42 Å². The molecule has 16 heavy (non-hydrogen) atoms. The van der Waals surface area contributed by atoms with E-state index < -0.39 is 6.10 Å². The first-order chi connectivity index (χ1) is 7.65. The molecule has 2 atom stereocenters. The van der Waals surface area contributed by atoms with E-state index in [0.29, 0.717) is 12.3 Å². The summed E-state index contributed by atoms with van der Waals surface area (Å²) in [4.78, 5) is 0. The molecule has 0 spiro atoms. The molecule has 2 heteroatoms. The Morgan fingerprint density at radius 1 is 1.12 bits per heavy atom. The number of hydrogen-bond donors (Lipinski definition) is 2. The van der Waals surface area contributed by atoms with Crippen molar-refractivity contribution in [2.24, 2.45) is 11.8 Å². The third-order valence-corrected chi connectivity index (χ3v) is 3.13. The highest BCUT2D eigenvalue weighted by atomic mass is 16.3. The van der Waals surface area contributed by atoms with Gasteiger partial charge in [0.2, 0.25) is 0 Å². The van der Waals surface area contributed by atoms with Crippen LogP contribution < -0.4 is 0 Å². The molecular formula is C14H22O2. The van der Waals surface area contributed by atoms with E-state index in [1.807, 2.05) is 32.0 Å². The van der Waals surface area contributed by atoms with Crippen molar-refractivity contribution in [3.05, 3.63) is 35.9 Å². The van der Waals surface area contributed by atoms with Crippen molar-refractivity contribution in [1.29, 1.82) is 0 Å². The van der Waals surface area contributed by atoms with Crippen molar-refractivity contribution in [2.75, 3.05) is 6.61 Å². The summed E-state index contributed by atoms with van der Waals surface area (Å²) in [5.41, 5.74) is 1.24. The van der Waals surface area contributed by atoms with E-state index in [1.54, 1.807) is 0 Å². The topological polar surface area (TPSA) is 40.5 Å². The zero-order valence-electron chi connectivity index (χ0n) is 10.1. The molecule has 0 aliphatic carbocycles. The minimum atomic E-state index is -0.412. The molecule has 0 aliphatic rings. The monoisotopic (exact) mass is 222 g/mol. The maximum Gasteiger partial charge on any atom is 0.0595 e. The first kappa shape index (κ1) is 13.2. The van der Waals surface area contributed by atoms with Crippen LogP contribution in [0.3, 0.4) is 0 Å². The lowest BCUT2D eigenvalue weighted by molar-refractivity contribution is 0.0363. The summed E-state index contributed by atoms with van der Waals surface area (Å²) < 4.78 is 0. The lowest BCUT2D eigenvalue weighted by Gasteiger charge is -2.24. The van der Waals surface area contributed by atoms with Crippen LogP contribution in [0, 0.1) is 11.8 Å². The fourth-order valence-electron chi connectivity index (χ4n) is 1.95. The molecule has 1 aromatic rings. The molecule has 0 saturated heterocycles. The van der Waals surface area contributed by atoms with Gasteiger partial charge in [0.05, 0.1) is 6.10 Å². The molecule has 0 bridgehead atoms. The first-order valence-corrected chi connectivity index (χ1v) is 5.98. The predicted molar refractivity (Wildman–Crippen MR) is 66.2 cm³/mol. The van der Waals surface area contributed by atoms with Crippen LogP contribution in [-0.4, -0.2) is 22.9 Å². The molecule has 0 amide bonds. The van der Waals surface area contributed by atoms with E-state index >= 15 is 0 Å². The summed E-state index contributed by atoms with van der Waals surface area (Å²) in [6.45, 7) is 4.13. The summed E-state index contributed by atoms with van der Waals surface area (Å²) in [5, 5.41) is 19.2. The van der Waals surface area contributed by atoms with Crippen molar-refractivity contribution >= 4 is 0 Å². The zero-order valence-corrected chi connectivity index (χ0v) is 10.1. The fourth-order valence-corrected chi connectivity index (χ4v) is 1.95. The summed E-state index contributed by atoms with van der Waals surface area (Å²) in [6, 6.07) is 10.1. The van der Waals surface area contributed by atoms with Gasteiger partial charge in [0.15, 0.2) is 0 Å². The number of aliphatic hydroxyl groups is 2. The van der Waals surface area contributed by atoms with E-state index in [-0.39, 0.29) is 12.5 Å². The minimum absolute atomic E-state index is 0.0105. The Kier molecular flexibility index (Phi) is 5.50. The molecular weight excluding hydrogens is 200 g/mol. The summed E-state index contributed by atoms with van der Waals surface area (Å²) in [5.74, 6) is 0.305. The summed E-state index contributed by atoms with van der Waals surface area (Å²) in [7, 11) is 0. The van der Waals surface area contributed by atoms with Gasteiger partial charge >= 0.3 is 0 Å². The van der Waals surface area contributed by atoms with Crippen LogP contribution >= 0.6 is 0 Å². The smallest absolute Gasteiger partial charge is 0.0595 e. The van der Waals surface area contributed by atoms with Crippen molar-refractivity contribution < 1.29 is 10.2 Å². The lowest BCUT2D eigenvalue weighted by atomic mass is 9.88. The zero-order chi connectivity index (χ0) is 12.0. The SMILES string of the molecule is CC(C)[C@H](CO)[C@@H](O)CCc1ccccc1. The Bertz CT molecular complexity index is 282. The molecule has 0 saturated carbocycles. The number of rotatable bonds is 6. The van der Waals surface area contributed by atoms with Gasteiger partial charge in [0, 0.05) is 12.5 Å². The van der Waals surface area contributed by atoms with Gasteiger partial charge in [-0.2, -0.15) is 0 Å². The second-order valence-corrected chi connectivity index (χ2v) is 4.68. The molecule has 2 N–H and O–H groups in total. The van der Waals surface area contributed by atoms with E-state index in [9.17, 15) is 10.2 Å². The standard InChI is InChI=1S/C14H22O2/c1-11(2)13(10-15)14(16)9-8-12-6-4-3-5-7-12/h3-7,11,13-16H,8-10H2,1-2H3/t13-,14-/m0/s1. The van der Waals surface area contributed by atoms with Crippen LogP contribution in [0.5, 0.6) is 0 Å². The van der Waals surface area contributed by atoms with Crippen molar-refractivity contribution in [3.63, 3.8) is 0 Å². The molecule has 0 unspecified atom stereocenters. The maximum atomic E-state index is 9.98. The second-order valence-electron chi connectivity index (χ2n) is 4.68. The Labute approximate surface area is 97.9 Å². The Hall–Kier alpha value is -0.860. The molecule has 2 nitrogen and oxygen atoms in total. The minimum Gasteiger partial charge on any atom is -0.396 e. The highest BCUT2D eigenvalue weighted by molar-refractivity contribution is 5.14. The molecule has 0 fully saturated rings. The number of hydrogen-bond acceptors (Lipinski definition) is 2. The number of benzene rings is 1. The molecule has 0 heterocycles. The highest BCUT2D eigenvalue weighted by Gasteiger charge is 2.21. The van der Waals surface area contributed by atoms with Gasteiger partial charge in [-0.3, -0.25) is 0 Å². The molecule has 0 aromatic heterocycles. The second kappa shape index (κ2) is 6.66. The normalized spacial score (nSPS) is 15.1. The maximum absolute atomic E-state index is 9.98. The highest BCUT2D eigenvalue weighted by Crippen LogP contribution is 2.18. The molecule has 0 aliphatic heterocycles. The largest absolute Gasteiger partial charge is 0.396 e. The van der Waals surface area contributed by atoms with Crippen molar-refractivity contribution in [3.8, 4) is 0 Å². The van der Waals surface area contributed by atoms with E-state index in [4.69, 9.17) is 0 Å². The average molecular weight is 222 g/mol. The van der Waals surface area contributed by atoms with Gasteiger partial charge < -0.3 is 10.2 Å². The van der Waals surface area contributed by atoms with Gasteiger partial charge in [0.25, 0.3) is 0 Å². The van der Waals surface area contributed by atoms with E-state index in [0.717, 1.165) is 6.42 Å².